The number of fused-ring (bicyclic) bond motifs is 1. The fourth-order valence-corrected chi connectivity index (χ4v) is 2.92. The molecule has 3 atom stereocenters. The van der Waals surface area contributed by atoms with Crippen LogP contribution in [0.3, 0.4) is 0 Å². The van der Waals surface area contributed by atoms with E-state index in [2.05, 4.69) is 4.99 Å². The Labute approximate surface area is 113 Å². The van der Waals surface area contributed by atoms with Gasteiger partial charge in [0.25, 0.3) is 12.4 Å². The highest BCUT2D eigenvalue weighted by Crippen LogP contribution is 2.56. The molecule has 0 aromatic heterocycles. The number of aliphatic imine (C=N–C) groups is 1. The number of ether oxygens (including phenoxy) is 1. The van der Waals surface area contributed by atoms with Crippen molar-refractivity contribution in [1.29, 1.82) is 0 Å². The molecule has 0 spiro atoms. The third kappa shape index (κ3) is 1.65. The van der Waals surface area contributed by atoms with Crippen molar-refractivity contribution in [2.75, 3.05) is 5.73 Å². The zero-order valence-electron chi connectivity index (χ0n) is 10.7. The van der Waals surface area contributed by atoms with Gasteiger partial charge in [-0.3, -0.25) is 0 Å². The zero-order valence-corrected chi connectivity index (χ0v) is 10.7. The van der Waals surface area contributed by atoms with Gasteiger partial charge in [0.1, 0.15) is 11.9 Å². The quantitative estimate of drug-likeness (QED) is 0.815. The van der Waals surface area contributed by atoms with E-state index in [1.165, 1.54) is 13.0 Å². The lowest BCUT2D eigenvalue weighted by Gasteiger charge is -2.34. The minimum atomic E-state index is -2.82. The van der Waals surface area contributed by atoms with E-state index in [-0.39, 0.29) is 28.9 Å². The molecular weight excluding hydrogens is 271 g/mol. The lowest BCUT2D eigenvalue weighted by Crippen LogP contribution is -2.43. The number of hydrogen-bond acceptors (Lipinski definition) is 4. The molecule has 1 aromatic carbocycles. The Hall–Kier alpha value is -1.92. The number of amidine groups is 1. The summed E-state index contributed by atoms with van der Waals surface area (Å²) in [5.41, 5.74) is 9.51. The van der Waals surface area contributed by atoms with Gasteiger partial charge < -0.3 is 16.2 Å². The number of rotatable bonds is 2. The molecule has 1 unspecified atom stereocenters. The van der Waals surface area contributed by atoms with Crippen LogP contribution in [-0.2, 0) is 10.3 Å². The van der Waals surface area contributed by atoms with Gasteiger partial charge in [0.05, 0.1) is 0 Å². The van der Waals surface area contributed by atoms with Crippen LogP contribution in [0, 0.1) is 18.7 Å². The topological polar surface area (TPSA) is 73.6 Å². The molecule has 1 heterocycles. The molecular formula is C13H14F3N3O. The van der Waals surface area contributed by atoms with Crippen molar-refractivity contribution < 1.29 is 17.9 Å². The number of hydrogen-bond donors (Lipinski definition) is 2. The summed E-state index contributed by atoms with van der Waals surface area (Å²) in [4.78, 5) is 3.85. The molecule has 2 aliphatic rings. The smallest absolute Gasteiger partial charge is 0.283 e. The highest BCUT2D eigenvalue weighted by Gasteiger charge is 2.64. The second-order valence-corrected chi connectivity index (χ2v) is 5.25. The Balaban J connectivity index is 2.25. The molecule has 0 bridgehead atoms. The average molecular weight is 285 g/mol. The largest absolute Gasteiger partial charge is 0.462 e. The maximum atomic E-state index is 13.8. The van der Waals surface area contributed by atoms with E-state index in [1.54, 1.807) is 0 Å². The summed E-state index contributed by atoms with van der Waals surface area (Å²) in [6, 6.07) is 2.17. The molecule has 7 heteroatoms. The first kappa shape index (κ1) is 13.1. The Morgan fingerprint density at radius 1 is 1.40 bits per heavy atom. The van der Waals surface area contributed by atoms with Gasteiger partial charge in [0, 0.05) is 11.6 Å². The van der Waals surface area contributed by atoms with Crippen LogP contribution in [0.5, 0.6) is 0 Å². The summed E-state index contributed by atoms with van der Waals surface area (Å²) < 4.78 is 46.5. The SMILES string of the molecule is Cc1c(F)cc(N)cc1[C@@]1(C(F)F)N=C(N)O[C@@H]2CC21. The number of benzene rings is 1. The van der Waals surface area contributed by atoms with Crippen LogP contribution >= 0.6 is 0 Å². The fraction of sp³-hybridized carbons (Fsp3) is 0.462. The first-order valence-electron chi connectivity index (χ1n) is 6.22. The Kier molecular flexibility index (Phi) is 2.64. The van der Waals surface area contributed by atoms with E-state index in [1.807, 2.05) is 0 Å². The van der Waals surface area contributed by atoms with Crippen molar-refractivity contribution in [2.45, 2.75) is 31.4 Å². The second kappa shape index (κ2) is 4.04. The molecule has 0 amide bonds. The van der Waals surface area contributed by atoms with Gasteiger partial charge in [-0.2, -0.15) is 0 Å². The van der Waals surface area contributed by atoms with Crippen molar-refractivity contribution >= 4 is 11.7 Å². The van der Waals surface area contributed by atoms with Crippen molar-refractivity contribution in [3.05, 3.63) is 29.1 Å². The molecule has 20 heavy (non-hydrogen) atoms. The predicted molar refractivity (Wildman–Crippen MR) is 67.8 cm³/mol. The summed E-state index contributed by atoms with van der Waals surface area (Å²) in [5, 5.41) is 0. The van der Waals surface area contributed by atoms with Crippen LogP contribution in [0.1, 0.15) is 17.5 Å². The summed E-state index contributed by atoms with van der Waals surface area (Å²) >= 11 is 0. The first-order chi connectivity index (χ1) is 9.36. The van der Waals surface area contributed by atoms with Crippen molar-refractivity contribution in [1.82, 2.24) is 0 Å². The highest BCUT2D eigenvalue weighted by atomic mass is 19.3. The van der Waals surface area contributed by atoms with Crippen molar-refractivity contribution in [2.24, 2.45) is 16.6 Å². The molecule has 4 nitrogen and oxygen atoms in total. The normalized spacial score (nSPS) is 31.6. The van der Waals surface area contributed by atoms with E-state index in [9.17, 15) is 13.2 Å². The molecule has 3 rings (SSSR count). The highest BCUT2D eigenvalue weighted by molar-refractivity contribution is 5.74. The molecule has 1 aliphatic heterocycles. The predicted octanol–water partition coefficient (Wildman–Crippen LogP) is 1.91. The fourth-order valence-electron chi connectivity index (χ4n) is 2.92. The Morgan fingerprint density at radius 2 is 2.10 bits per heavy atom. The molecule has 0 radical (unpaired) electrons. The third-order valence-corrected chi connectivity index (χ3v) is 4.00. The second-order valence-electron chi connectivity index (χ2n) is 5.25. The number of halogens is 3. The lowest BCUT2D eigenvalue weighted by atomic mass is 9.82. The summed E-state index contributed by atoms with van der Waals surface area (Å²) in [7, 11) is 0. The van der Waals surface area contributed by atoms with Gasteiger partial charge >= 0.3 is 0 Å². The lowest BCUT2D eigenvalue weighted by molar-refractivity contribution is 0.0191. The maximum absolute atomic E-state index is 13.8. The van der Waals surface area contributed by atoms with Gasteiger partial charge in [-0.25, -0.2) is 18.2 Å². The molecule has 1 fully saturated rings. The minimum absolute atomic E-state index is 0.0839. The summed E-state index contributed by atoms with van der Waals surface area (Å²) in [6.45, 7) is 1.44. The van der Waals surface area contributed by atoms with E-state index in [0.717, 1.165) is 6.07 Å². The minimum Gasteiger partial charge on any atom is -0.462 e. The summed E-state index contributed by atoms with van der Waals surface area (Å²) in [5.74, 6) is -1.13. The van der Waals surface area contributed by atoms with E-state index in [0.29, 0.717) is 6.42 Å². The van der Waals surface area contributed by atoms with Crippen LogP contribution in [0.25, 0.3) is 0 Å². The van der Waals surface area contributed by atoms with Crippen molar-refractivity contribution in [3.63, 3.8) is 0 Å². The monoisotopic (exact) mass is 285 g/mol. The van der Waals surface area contributed by atoms with E-state index < -0.39 is 23.7 Å². The third-order valence-electron chi connectivity index (χ3n) is 4.00. The van der Waals surface area contributed by atoms with E-state index in [4.69, 9.17) is 16.2 Å². The average Bonchev–Trinajstić information content (AvgIpc) is 3.11. The number of alkyl halides is 2. The molecule has 4 N–H and O–H groups in total. The molecule has 1 saturated carbocycles. The number of anilines is 1. The van der Waals surface area contributed by atoms with Gasteiger partial charge in [0.2, 0.25) is 0 Å². The van der Waals surface area contributed by atoms with Crippen molar-refractivity contribution in [3.8, 4) is 0 Å². The van der Waals surface area contributed by atoms with Gasteiger partial charge in [-0.15, -0.1) is 0 Å². The van der Waals surface area contributed by atoms with Crippen LogP contribution in [0.4, 0.5) is 18.9 Å². The molecule has 108 valence electrons. The number of nitrogens with two attached hydrogens (primary N) is 2. The summed E-state index contributed by atoms with van der Waals surface area (Å²) in [6.07, 6.45) is -2.78. The van der Waals surface area contributed by atoms with Crippen LogP contribution < -0.4 is 11.5 Å². The first-order valence-corrected chi connectivity index (χ1v) is 6.22. The van der Waals surface area contributed by atoms with Crippen LogP contribution in [-0.4, -0.2) is 18.6 Å². The standard InChI is InChI=1S/C13H14F3N3O/c1-5-7(2-6(17)3-9(5)14)13(11(15)16)8-4-10(8)20-12(18)19-13/h2-3,8,10-11H,4,17H2,1H3,(H2,18,19)/t8?,10-,13-/m1/s1. The number of nitrogens with zero attached hydrogens (tertiary/aromatic N) is 1. The molecule has 1 aliphatic carbocycles. The van der Waals surface area contributed by atoms with E-state index >= 15 is 0 Å². The zero-order chi connectivity index (χ0) is 14.7. The van der Waals surface area contributed by atoms with Gasteiger partial charge in [-0.05, 0) is 36.6 Å². The van der Waals surface area contributed by atoms with Gasteiger partial charge in [-0.1, -0.05) is 0 Å². The number of nitrogen functional groups attached to an aromatic ring is 1. The molecule has 0 saturated heterocycles. The Bertz CT molecular complexity index is 605. The van der Waals surface area contributed by atoms with Gasteiger partial charge in [0.15, 0.2) is 5.54 Å². The molecule has 1 aromatic rings. The Morgan fingerprint density at radius 3 is 2.75 bits per heavy atom. The van der Waals surface area contributed by atoms with Crippen LogP contribution in [0.2, 0.25) is 0 Å². The van der Waals surface area contributed by atoms with Crippen LogP contribution in [0.15, 0.2) is 17.1 Å². The maximum Gasteiger partial charge on any atom is 0.283 e.